The molecule has 0 fully saturated rings. The number of aliphatic hydroxyl groups excluding tert-OH is 1. The maximum atomic E-state index is 10.4. The maximum Gasteiger partial charge on any atom is 0.143 e. The zero-order valence-electron chi connectivity index (χ0n) is 10.9. The van der Waals surface area contributed by atoms with Gasteiger partial charge in [0.25, 0.3) is 0 Å². The molecule has 1 N–H and O–H groups in total. The summed E-state index contributed by atoms with van der Waals surface area (Å²) in [5, 5.41) is 11.0. The average molecular weight is 270 g/mol. The zero-order chi connectivity index (χ0) is 13.1. The average Bonchev–Trinajstić information content (AvgIpc) is 2.37. The number of rotatable bonds is 4. The summed E-state index contributed by atoms with van der Waals surface area (Å²) in [6, 6.07) is 5.52. The molecule has 1 heterocycles. The van der Waals surface area contributed by atoms with Crippen LogP contribution in [-0.4, -0.2) is 36.2 Å². The Hall–Kier alpha value is -0.770. The zero-order valence-corrected chi connectivity index (χ0v) is 11.7. The Morgan fingerprint density at radius 3 is 3.00 bits per heavy atom. The second-order valence-corrected chi connectivity index (χ2v) is 5.22. The van der Waals surface area contributed by atoms with Gasteiger partial charge in [0.05, 0.1) is 11.1 Å². The monoisotopic (exact) mass is 269 g/mol. The largest absolute Gasteiger partial charge is 0.490 e. The fraction of sp³-hybridized carbons (Fsp3) is 0.571. The summed E-state index contributed by atoms with van der Waals surface area (Å²) in [5.41, 5.74) is 0.794. The molecule has 2 unspecified atom stereocenters. The van der Waals surface area contributed by atoms with Crippen molar-refractivity contribution in [3.05, 3.63) is 28.8 Å². The summed E-state index contributed by atoms with van der Waals surface area (Å²) in [6.07, 6.45) is 1.74. The quantitative estimate of drug-likeness (QED) is 0.912. The number of likely N-dealkylation sites (N-methyl/N-ethyl adjacent to an activating group) is 1. The van der Waals surface area contributed by atoms with Crippen LogP contribution in [-0.2, 0) is 0 Å². The van der Waals surface area contributed by atoms with E-state index in [4.69, 9.17) is 16.3 Å². The minimum absolute atomic E-state index is 0.00233. The Morgan fingerprint density at radius 2 is 2.28 bits per heavy atom. The molecule has 4 heteroatoms. The standard InChI is InChI=1S/C14H20ClNO2/c1-3-4-8-16(2)12-9-18-14-10(13(12)17)6-5-7-11(14)15/h5-7,12-13,17H,3-4,8-9H2,1-2H3. The molecule has 0 spiro atoms. The highest BCUT2D eigenvalue weighted by Gasteiger charge is 2.32. The van der Waals surface area contributed by atoms with E-state index in [9.17, 15) is 5.11 Å². The lowest BCUT2D eigenvalue weighted by molar-refractivity contribution is 0.0147. The van der Waals surface area contributed by atoms with Gasteiger partial charge in [0.2, 0.25) is 0 Å². The molecule has 18 heavy (non-hydrogen) atoms. The number of unbranched alkanes of at least 4 members (excludes halogenated alkanes) is 1. The highest BCUT2D eigenvalue weighted by molar-refractivity contribution is 6.32. The smallest absolute Gasteiger partial charge is 0.143 e. The molecule has 0 bridgehead atoms. The minimum Gasteiger partial charge on any atom is -0.490 e. The summed E-state index contributed by atoms with van der Waals surface area (Å²) in [5.74, 6) is 0.631. The lowest BCUT2D eigenvalue weighted by atomic mass is 9.98. The molecular formula is C14H20ClNO2. The van der Waals surface area contributed by atoms with E-state index in [1.807, 2.05) is 19.2 Å². The number of nitrogens with zero attached hydrogens (tertiary/aromatic N) is 1. The third kappa shape index (κ3) is 2.63. The van der Waals surface area contributed by atoms with Crippen LogP contribution in [0.3, 0.4) is 0 Å². The van der Waals surface area contributed by atoms with Crippen molar-refractivity contribution in [2.24, 2.45) is 0 Å². The fourth-order valence-electron chi connectivity index (χ4n) is 2.32. The molecule has 0 aliphatic carbocycles. The maximum absolute atomic E-state index is 10.4. The van der Waals surface area contributed by atoms with E-state index in [-0.39, 0.29) is 6.04 Å². The second-order valence-electron chi connectivity index (χ2n) is 4.82. The van der Waals surface area contributed by atoms with Crippen LogP contribution in [0.4, 0.5) is 0 Å². The van der Waals surface area contributed by atoms with Crippen LogP contribution >= 0.6 is 11.6 Å². The normalized spacial score (nSPS) is 22.7. The second kappa shape index (κ2) is 5.91. The minimum atomic E-state index is -0.533. The Bertz CT molecular complexity index is 411. The van der Waals surface area contributed by atoms with Gasteiger partial charge in [0.15, 0.2) is 0 Å². The number of benzene rings is 1. The van der Waals surface area contributed by atoms with Gasteiger partial charge in [-0.25, -0.2) is 0 Å². The third-order valence-electron chi connectivity index (χ3n) is 3.51. The molecule has 0 radical (unpaired) electrons. The Kier molecular flexibility index (Phi) is 4.49. The molecule has 0 saturated carbocycles. The summed E-state index contributed by atoms with van der Waals surface area (Å²) < 4.78 is 5.70. The molecule has 1 aromatic carbocycles. The van der Waals surface area contributed by atoms with Gasteiger partial charge in [0, 0.05) is 5.56 Å². The van der Waals surface area contributed by atoms with E-state index in [1.165, 1.54) is 0 Å². The number of fused-ring (bicyclic) bond motifs is 1. The molecule has 1 aliphatic heterocycles. The molecule has 1 aromatic rings. The van der Waals surface area contributed by atoms with Gasteiger partial charge in [-0.2, -0.15) is 0 Å². The van der Waals surface area contributed by atoms with Crippen molar-refractivity contribution < 1.29 is 9.84 Å². The number of hydrogen-bond acceptors (Lipinski definition) is 3. The summed E-state index contributed by atoms with van der Waals surface area (Å²) >= 11 is 6.07. The van der Waals surface area contributed by atoms with Crippen LogP contribution in [0.15, 0.2) is 18.2 Å². The summed E-state index contributed by atoms with van der Waals surface area (Å²) in [7, 11) is 2.03. The van der Waals surface area contributed by atoms with Crippen LogP contribution in [0.25, 0.3) is 0 Å². The molecule has 3 nitrogen and oxygen atoms in total. The first-order chi connectivity index (χ1) is 8.65. The van der Waals surface area contributed by atoms with Gasteiger partial charge in [-0.05, 0) is 26.1 Å². The van der Waals surface area contributed by atoms with Crippen molar-refractivity contribution in [2.75, 3.05) is 20.2 Å². The Morgan fingerprint density at radius 1 is 1.50 bits per heavy atom. The SMILES string of the molecule is CCCCN(C)C1COc2c(Cl)cccc2C1O. The van der Waals surface area contributed by atoms with E-state index >= 15 is 0 Å². The molecule has 0 amide bonds. The Labute approximate surface area is 113 Å². The number of halogens is 1. The first-order valence-electron chi connectivity index (χ1n) is 6.44. The summed E-state index contributed by atoms with van der Waals surface area (Å²) in [4.78, 5) is 2.16. The molecule has 0 saturated heterocycles. The van der Waals surface area contributed by atoms with Crippen LogP contribution < -0.4 is 4.74 Å². The van der Waals surface area contributed by atoms with Crippen molar-refractivity contribution >= 4 is 11.6 Å². The molecule has 0 aromatic heterocycles. The van der Waals surface area contributed by atoms with E-state index in [0.29, 0.717) is 17.4 Å². The van der Waals surface area contributed by atoms with Gasteiger partial charge in [0.1, 0.15) is 18.5 Å². The fourth-order valence-corrected chi connectivity index (χ4v) is 2.56. The van der Waals surface area contributed by atoms with Gasteiger partial charge < -0.3 is 9.84 Å². The first-order valence-corrected chi connectivity index (χ1v) is 6.82. The van der Waals surface area contributed by atoms with Gasteiger partial charge in [-0.1, -0.05) is 37.1 Å². The topological polar surface area (TPSA) is 32.7 Å². The molecule has 2 atom stereocenters. The predicted octanol–water partition coefficient (Wildman–Crippen LogP) is 2.87. The molecular weight excluding hydrogens is 250 g/mol. The van der Waals surface area contributed by atoms with Crippen molar-refractivity contribution in [3.8, 4) is 5.75 Å². The Balaban J connectivity index is 2.15. The lowest BCUT2D eigenvalue weighted by Gasteiger charge is -2.36. The van der Waals surface area contributed by atoms with Crippen molar-refractivity contribution in [3.63, 3.8) is 0 Å². The summed E-state index contributed by atoms with van der Waals surface area (Å²) in [6.45, 7) is 3.62. The van der Waals surface area contributed by atoms with Crippen molar-refractivity contribution in [2.45, 2.75) is 31.9 Å². The van der Waals surface area contributed by atoms with Gasteiger partial charge in [-0.15, -0.1) is 0 Å². The van der Waals surface area contributed by atoms with E-state index in [2.05, 4.69) is 11.8 Å². The van der Waals surface area contributed by atoms with Gasteiger partial charge >= 0.3 is 0 Å². The van der Waals surface area contributed by atoms with E-state index < -0.39 is 6.10 Å². The highest BCUT2D eigenvalue weighted by Crippen LogP contribution is 2.38. The van der Waals surface area contributed by atoms with Crippen LogP contribution in [0.1, 0.15) is 31.4 Å². The molecule has 2 rings (SSSR count). The van der Waals surface area contributed by atoms with E-state index in [1.54, 1.807) is 6.07 Å². The number of hydrogen-bond donors (Lipinski definition) is 1. The van der Waals surface area contributed by atoms with Crippen LogP contribution in [0, 0.1) is 0 Å². The van der Waals surface area contributed by atoms with E-state index in [0.717, 1.165) is 24.9 Å². The van der Waals surface area contributed by atoms with Crippen molar-refractivity contribution in [1.29, 1.82) is 0 Å². The van der Waals surface area contributed by atoms with Crippen LogP contribution in [0.2, 0.25) is 5.02 Å². The first kappa shape index (κ1) is 13.7. The lowest BCUT2D eigenvalue weighted by Crippen LogP contribution is -2.44. The molecule has 100 valence electrons. The predicted molar refractivity (Wildman–Crippen MR) is 73.2 cm³/mol. The highest BCUT2D eigenvalue weighted by atomic mass is 35.5. The molecule has 1 aliphatic rings. The number of aliphatic hydroxyl groups is 1. The third-order valence-corrected chi connectivity index (χ3v) is 3.81. The number of para-hydroxylation sites is 1. The van der Waals surface area contributed by atoms with Gasteiger partial charge in [-0.3, -0.25) is 4.90 Å². The van der Waals surface area contributed by atoms with Crippen molar-refractivity contribution in [1.82, 2.24) is 4.90 Å². The van der Waals surface area contributed by atoms with Crippen LogP contribution in [0.5, 0.6) is 5.75 Å². The number of ether oxygens (including phenoxy) is 1.